The highest BCUT2D eigenvalue weighted by Gasteiger charge is 2.14. The van der Waals surface area contributed by atoms with Gasteiger partial charge in [-0.25, -0.2) is 4.79 Å². The van der Waals surface area contributed by atoms with Crippen LogP contribution in [0, 0.1) is 0 Å². The fourth-order valence-corrected chi connectivity index (χ4v) is 2.14. The molecule has 0 radical (unpaired) electrons. The van der Waals surface area contributed by atoms with E-state index in [1.54, 1.807) is 0 Å². The van der Waals surface area contributed by atoms with E-state index in [2.05, 4.69) is 18.7 Å². The Morgan fingerprint density at radius 1 is 1.04 bits per heavy atom. The van der Waals surface area contributed by atoms with Crippen LogP contribution in [-0.4, -0.2) is 31.9 Å². The normalized spacial score (nSPS) is 11.5. The van der Waals surface area contributed by atoms with E-state index < -0.39 is 12.1 Å². The predicted molar refractivity (Wildman–Crippen MR) is 93.9 cm³/mol. The second-order valence-corrected chi connectivity index (χ2v) is 5.12. The van der Waals surface area contributed by atoms with Crippen molar-refractivity contribution in [1.82, 2.24) is 0 Å². The zero-order valence-electron chi connectivity index (χ0n) is 13.8. The zero-order chi connectivity index (χ0) is 17.2. The number of ether oxygens (including phenoxy) is 3. The lowest BCUT2D eigenvalue weighted by Gasteiger charge is -2.17. The number of hydrogen-bond donors (Lipinski definition) is 0. The van der Waals surface area contributed by atoms with E-state index in [4.69, 9.17) is 14.2 Å². The first kappa shape index (κ1) is 17.8. The molecular weight excluding hydrogens is 304 g/mol. The molecule has 2 rings (SSSR count). The van der Waals surface area contributed by atoms with Crippen molar-refractivity contribution >= 4 is 5.97 Å². The van der Waals surface area contributed by atoms with Crippen molar-refractivity contribution in [3.63, 3.8) is 0 Å². The molecule has 0 amide bonds. The molecule has 24 heavy (non-hydrogen) atoms. The average molecular weight is 326 g/mol. The second-order valence-electron chi connectivity index (χ2n) is 5.12. The van der Waals surface area contributed by atoms with Crippen molar-refractivity contribution in [2.24, 2.45) is 0 Å². The molecule has 0 spiro atoms. The van der Waals surface area contributed by atoms with Crippen molar-refractivity contribution in [2.45, 2.75) is 13.0 Å². The van der Waals surface area contributed by atoms with E-state index in [9.17, 15) is 4.79 Å². The molecule has 0 N–H and O–H groups in total. The van der Waals surface area contributed by atoms with Crippen LogP contribution in [0.1, 0.15) is 6.92 Å². The molecule has 0 aliphatic rings. The van der Waals surface area contributed by atoms with Gasteiger partial charge >= 0.3 is 5.97 Å². The van der Waals surface area contributed by atoms with Crippen LogP contribution in [0.2, 0.25) is 0 Å². The lowest BCUT2D eigenvalue weighted by Crippen LogP contribution is -2.29. The minimum absolute atomic E-state index is 0.226. The Balaban J connectivity index is 1.93. The van der Waals surface area contributed by atoms with E-state index in [-0.39, 0.29) is 13.2 Å². The minimum Gasteiger partial charge on any atom is -0.490 e. The Labute approximate surface area is 142 Å². The third-order valence-electron chi connectivity index (χ3n) is 3.35. The van der Waals surface area contributed by atoms with Gasteiger partial charge in [0.1, 0.15) is 12.4 Å². The Morgan fingerprint density at radius 3 is 2.33 bits per heavy atom. The first-order chi connectivity index (χ1) is 11.7. The summed E-state index contributed by atoms with van der Waals surface area (Å²) in [5, 5.41) is 0. The Hall–Kier alpha value is -2.59. The van der Waals surface area contributed by atoms with E-state index in [1.807, 2.05) is 49.4 Å². The van der Waals surface area contributed by atoms with Gasteiger partial charge in [0, 0.05) is 12.7 Å². The highest BCUT2D eigenvalue weighted by molar-refractivity contribution is 5.81. The van der Waals surface area contributed by atoms with E-state index >= 15 is 0 Å². The monoisotopic (exact) mass is 326 g/mol. The van der Waals surface area contributed by atoms with Crippen LogP contribution in [0.4, 0.5) is 0 Å². The first-order valence-corrected chi connectivity index (χ1v) is 7.92. The zero-order valence-corrected chi connectivity index (χ0v) is 13.8. The molecule has 4 nitrogen and oxygen atoms in total. The fourth-order valence-electron chi connectivity index (χ4n) is 2.14. The van der Waals surface area contributed by atoms with E-state index in [0.717, 1.165) is 17.2 Å². The molecule has 0 aliphatic carbocycles. The largest absolute Gasteiger partial charge is 0.490 e. The molecule has 0 fully saturated rings. The summed E-state index contributed by atoms with van der Waals surface area (Å²) in [7, 11) is 0. The molecule has 2 aromatic carbocycles. The van der Waals surface area contributed by atoms with Crippen LogP contribution in [-0.2, 0) is 14.3 Å². The minimum atomic E-state index is -0.484. The molecule has 0 saturated heterocycles. The summed E-state index contributed by atoms with van der Waals surface area (Å²) in [6.07, 6.45) is 0.664. The van der Waals surface area contributed by atoms with Gasteiger partial charge in [-0.05, 0) is 30.2 Å². The summed E-state index contributed by atoms with van der Waals surface area (Å²) in [5.41, 5.74) is 2.27. The third-order valence-corrected chi connectivity index (χ3v) is 3.35. The maximum absolute atomic E-state index is 11.3. The molecule has 1 unspecified atom stereocenters. The van der Waals surface area contributed by atoms with Crippen LogP contribution in [0.25, 0.3) is 11.1 Å². The predicted octanol–water partition coefficient (Wildman–Crippen LogP) is 3.87. The van der Waals surface area contributed by atoms with Crippen LogP contribution >= 0.6 is 0 Å². The van der Waals surface area contributed by atoms with Gasteiger partial charge in [0.2, 0.25) is 0 Å². The number of hydrogen-bond acceptors (Lipinski definition) is 4. The molecule has 0 saturated carbocycles. The van der Waals surface area contributed by atoms with Gasteiger partial charge in [0.25, 0.3) is 0 Å². The Bertz CT molecular complexity index is 634. The third kappa shape index (κ3) is 5.56. The Kier molecular flexibility index (Phi) is 7.05. The highest BCUT2D eigenvalue weighted by atomic mass is 16.6. The van der Waals surface area contributed by atoms with Gasteiger partial charge < -0.3 is 14.2 Å². The molecule has 4 heteroatoms. The number of benzene rings is 2. The molecule has 0 aliphatic heterocycles. The number of rotatable bonds is 9. The molecule has 126 valence electrons. The summed E-state index contributed by atoms with van der Waals surface area (Å²) in [6.45, 7) is 6.34. The molecule has 2 aromatic rings. The van der Waals surface area contributed by atoms with Crippen molar-refractivity contribution < 1.29 is 19.0 Å². The SMILES string of the molecule is C=CC(=O)OC(COCC)COc1ccc(-c2ccccc2)cc1. The van der Waals surface area contributed by atoms with Crippen molar-refractivity contribution in [1.29, 1.82) is 0 Å². The summed E-state index contributed by atoms with van der Waals surface area (Å²) >= 11 is 0. The summed E-state index contributed by atoms with van der Waals surface area (Å²) in [6, 6.07) is 17.9. The van der Waals surface area contributed by atoms with Crippen LogP contribution in [0.15, 0.2) is 67.3 Å². The number of esters is 1. The van der Waals surface area contributed by atoms with E-state index in [0.29, 0.717) is 12.4 Å². The van der Waals surface area contributed by atoms with Crippen LogP contribution < -0.4 is 4.74 Å². The average Bonchev–Trinajstić information content (AvgIpc) is 2.65. The van der Waals surface area contributed by atoms with Gasteiger partial charge in [0.15, 0.2) is 6.10 Å². The van der Waals surface area contributed by atoms with Crippen molar-refractivity contribution in [2.75, 3.05) is 19.8 Å². The highest BCUT2D eigenvalue weighted by Crippen LogP contribution is 2.22. The van der Waals surface area contributed by atoms with Gasteiger partial charge in [-0.15, -0.1) is 0 Å². The molecule has 0 heterocycles. The van der Waals surface area contributed by atoms with E-state index in [1.165, 1.54) is 0 Å². The van der Waals surface area contributed by atoms with Crippen LogP contribution in [0.3, 0.4) is 0 Å². The topological polar surface area (TPSA) is 44.8 Å². The van der Waals surface area contributed by atoms with Crippen LogP contribution in [0.5, 0.6) is 5.75 Å². The number of carbonyl (C=O) groups is 1. The summed E-state index contributed by atoms with van der Waals surface area (Å²) in [4.78, 5) is 11.3. The molecule has 0 bridgehead atoms. The molecular formula is C20H22O4. The standard InChI is InChI=1S/C20H22O4/c1-3-20(21)24-19(14-22-4-2)15-23-18-12-10-17(11-13-18)16-8-6-5-7-9-16/h3,5-13,19H,1,4,14-15H2,2H3. The smallest absolute Gasteiger partial charge is 0.330 e. The van der Waals surface area contributed by atoms with Gasteiger partial charge in [0.05, 0.1) is 6.61 Å². The van der Waals surface area contributed by atoms with Crippen molar-refractivity contribution in [3.8, 4) is 16.9 Å². The van der Waals surface area contributed by atoms with Gasteiger partial charge in [-0.1, -0.05) is 49.0 Å². The quantitative estimate of drug-likeness (QED) is 0.518. The lowest BCUT2D eigenvalue weighted by molar-refractivity contribution is -0.147. The number of carbonyl (C=O) groups excluding carboxylic acids is 1. The maximum atomic E-state index is 11.3. The lowest BCUT2D eigenvalue weighted by atomic mass is 10.1. The van der Waals surface area contributed by atoms with Gasteiger partial charge in [-0.3, -0.25) is 0 Å². The molecule has 0 aromatic heterocycles. The summed E-state index contributed by atoms with van der Waals surface area (Å²) in [5.74, 6) is 0.230. The Morgan fingerprint density at radius 2 is 1.71 bits per heavy atom. The summed E-state index contributed by atoms with van der Waals surface area (Å²) < 4.78 is 16.2. The van der Waals surface area contributed by atoms with Crippen molar-refractivity contribution in [3.05, 3.63) is 67.3 Å². The van der Waals surface area contributed by atoms with Gasteiger partial charge in [-0.2, -0.15) is 0 Å². The molecule has 1 atom stereocenters. The fraction of sp³-hybridized carbons (Fsp3) is 0.250. The maximum Gasteiger partial charge on any atom is 0.330 e. The second kappa shape index (κ2) is 9.53. The first-order valence-electron chi connectivity index (χ1n) is 7.92.